The molecule has 0 unspecified atom stereocenters. The van der Waals surface area contributed by atoms with Crippen LogP contribution in [0.25, 0.3) is 0 Å². The van der Waals surface area contributed by atoms with Crippen molar-refractivity contribution >= 4 is 33.2 Å². The maximum atomic E-state index is 12.6. The van der Waals surface area contributed by atoms with Crippen molar-refractivity contribution in [2.75, 3.05) is 30.9 Å². The Morgan fingerprint density at radius 3 is 2.76 bits per heavy atom. The highest BCUT2D eigenvalue weighted by molar-refractivity contribution is 7.89. The Kier molecular flexibility index (Phi) is 5.81. The Balaban J connectivity index is 1.54. The van der Waals surface area contributed by atoms with Gasteiger partial charge in [0.1, 0.15) is 5.75 Å². The van der Waals surface area contributed by atoms with Crippen molar-refractivity contribution in [3.05, 3.63) is 58.1 Å². The fraction of sp³-hybridized carbons (Fsp3) is 0.480. The van der Waals surface area contributed by atoms with E-state index in [-0.39, 0.29) is 5.41 Å². The van der Waals surface area contributed by atoms with E-state index in [1.807, 2.05) is 6.07 Å². The Hall–Kier alpha value is -2.25. The van der Waals surface area contributed by atoms with Gasteiger partial charge in [-0.2, -0.15) is 0 Å². The van der Waals surface area contributed by atoms with Crippen LogP contribution in [0.15, 0.2) is 36.4 Å². The van der Waals surface area contributed by atoms with Crippen LogP contribution in [0.2, 0.25) is 5.02 Å². The first-order valence-corrected chi connectivity index (χ1v) is 13.8. The van der Waals surface area contributed by atoms with Crippen LogP contribution < -0.4 is 14.4 Å². The highest BCUT2D eigenvalue weighted by Gasteiger charge is 2.42. The van der Waals surface area contributed by atoms with Gasteiger partial charge in [0.05, 0.1) is 18.6 Å². The van der Waals surface area contributed by atoms with E-state index >= 15 is 0 Å². The van der Waals surface area contributed by atoms with E-state index in [1.165, 1.54) is 30.4 Å². The fourth-order valence-electron chi connectivity index (χ4n) is 5.47. The van der Waals surface area contributed by atoms with Crippen molar-refractivity contribution in [3.63, 3.8) is 0 Å². The smallest absolute Gasteiger partial charge is 0.264 e. The van der Waals surface area contributed by atoms with Crippen LogP contribution in [0.4, 0.5) is 5.69 Å². The summed E-state index contributed by atoms with van der Waals surface area (Å²) in [5.41, 5.74) is 3.62. The lowest BCUT2D eigenvalue weighted by Crippen LogP contribution is -2.47. The summed E-state index contributed by atoms with van der Waals surface area (Å²) in [5, 5.41) is 0.761. The molecule has 0 radical (unpaired) electrons. The zero-order valence-corrected chi connectivity index (χ0v) is 20.3. The second-order valence-electron chi connectivity index (χ2n) is 9.79. The minimum absolute atomic E-state index is 0.157. The molecule has 33 heavy (non-hydrogen) atoms. The van der Waals surface area contributed by atoms with Gasteiger partial charge >= 0.3 is 0 Å². The number of ether oxygens (including phenoxy) is 1. The van der Waals surface area contributed by atoms with Crippen LogP contribution in [0.1, 0.15) is 53.6 Å². The van der Waals surface area contributed by atoms with E-state index in [0.29, 0.717) is 18.1 Å². The molecule has 6 nitrogen and oxygen atoms in total. The summed E-state index contributed by atoms with van der Waals surface area (Å²) in [5.74, 6) is 0.735. The minimum atomic E-state index is -3.64. The van der Waals surface area contributed by atoms with Gasteiger partial charge in [-0.25, -0.2) is 13.1 Å². The van der Waals surface area contributed by atoms with E-state index in [2.05, 4.69) is 21.8 Å². The number of fused-ring (bicyclic) bond motifs is 3. The monoisotopic (exact) mass is 488 g/mol. The number of benzene rings is 2. The number of carbonyl (C=O) groups is 1. The maximum absolute atomic E-state index is 12.6. The average Bonchev–Trinajstić information content (AvgIpc) is 2.87. The summed E-state index contributed by atoms with van der Waals surface area (Å²) in [6, 6.07) is 11.4. The third-order valence-corrected chi connectivity index (χ3v) is 8.07. The van der Waals surface area contributed by atoms with Crippen LogP contribution in [0, 0.1) is 5.92 Å². The number of nitrogens with zero attached hydrogens (tertiary/aromatic N) is 1. The minimum Gasteiger partial charge on any atom is -0.490 e. The Morgan fingerprint density at radius 2 is 2.03 bits per heavy atom. The average molecular weight is 489 g/mol. The lowest BCUT2D eigenvalue weighted by atomic mass is 9.70. The van der Waals surface area contributed by atoms with E-state index in [0.717, 1.165) is 55.1 Å². The lowest BCUT2D eigenvalue weighted by molar-refractivity contribution is 0.0981. The van der Waals surface area contributed by atoms with Gasteiger partial charge in [0, 0.05) is 29.1 Å². The molecule has 8 heteroatoms. The molecule has 1 spiro atoms. The van der Waals surface area contributed by atoms with Gasteiger partial charge in [-0.15, -0.1) is 0 Å². The quantitative estimate of drug-likeness (QED) is 0.694. The molecule has 0 aromatic heterocycles. The van der Waals surface area contributed by atoms with Crippen molar-refractivity contribution in [2.24, 2.45) is 5.92 Å². The summed E-state index contributed by atoms with van der Waals surface area (Å²) in [6.45, 7) is 2.26. The van der Waals surface area contributed by atoms with Gasteiger partial charge < -0.3 is 9.64 Å². The molecule has 5 rings (SSSR count). The zero-order valence-electron chi connectivity index (χ0n) is 18.8. The number of carbonyl (C=O) groups excluding carboxylic acids is 1. The summed E-state index contributed by atoms with van der Waals surface area (Å²) in [7, 11) is -3.64. The Morgan fingerprint density at radius 1 is 1.21 bits per heavy atom. The number of aryl methyl sites for hydroxylation is 1. The molecule has 0 saturated heterocycles. The van der Waals surface area contributed by atoms with Gasteiger partial charge in [0.25, 0.3) is 5.91 Å². The fourth-order valence-corrected chi connectivity index (χ4v) is 6.12. The number of sulfonamides is 1. The van der Waals surface area contributed by atoms with Crippen molar-refractivity contribution in [3.8, 4) is 5.75 Å². The van der Waals surface area contributed by atoms with Gasteiger partial charge in [0.15, 0.2) is 0 Å². The molecule has 1 saturated carbocycles. The lowest BCUT2D eigenvalue weighted by Gasteiger charge is -2.42. The van der Waals surface area contributed by atoms with E-state index < -0.39 is 15.9 Å². The molecule has 1 heterocycles. The predicted molar refractivity (Wildman–Crippen MR) is 130 cm³/mol. The van der Waals surface area contributed by atoms with Crippen molar-refractivity contribution in [2.45, 2.75) is 43.9 Å². The summed E-state index contributed by atoms with van der Waals surface area (Å²) >= 11 is 6.30. The van der Waals surface area contributed by atoms with Crippen LogP contribution in [-0.2, 0) is 21.9 Å². The van der Waals surface area contributed by atoms with Crippen molar-refractivity contribution in [1.29, 1.82) is 0 Å². The molecule has 2 aromatic rings. The van der Waals surface area contributed by atoms with E-state index in [4.69, 9.17) is 16.3 Å². The van der Waals surface area contributed by atoms with Crippen LogP contribution >= 0.6 is 11.6 Å². The van der Waals surface area contributed by atoms with Crippen LogP contribution in [0.3, 0.4) is 0 Å². The Bertz CT molecular complexity index is 1190. The van der Waals surface area contributed by atoms with Crippen molar-refractivity contribution in [1.82, 2.24) is 4.72 Å². The summed E-state index contributed by atoms with van der Waals surface area (Å²) in [4.78, 5) is 14.9. The molecule has 1 N–H and O–H groups in total. The first-order chi connectivity index (χ1) is 15.7. The number of hydrogen-bond acceptors (Lipinski definition) is 5. The first kappa shape index (κ1) is 22.5. The standard InChI is InChI=1S/C25H29ClN2O4S/c1-33(30,31)27-24(29)19-7-10-23-22(13-19)28(14-17-4-2-5-17)15-25(16-32-23)11-3-6-18-12-20(26)8-9-21(18)25/h7-10,12-13,17H,2-6,11,14-16H2,1H3,(H,27,29)/t25-/m0/s1. The first-order valence-electron chi connectivity index (χ1n) is 11.6. The van der Waals surface area contributed by atoms with E-state index in [9.17, 15) is 13.2 Å². The molecule has 1 fully saturated rings. The highest BCUT2D eigenvalue weighted by Crippen LogP contribution is 2.45. The van der Waals surface area contributed by atoms with Crippen LogP contribution in [-0.4, -0.2) is 40.3 Å². The molecule has 3 aliphatic rings. The number of nitrogens with one attached hydrogen (secondary N) is 1. The summed E-state index contributed by atoms with van der Waals surface area (Å²) < 4.78 is 31.6. The number of rotatable bonds is 4. The number of anilines is 1. The molecular formula is C25H29ClN2O4S. The van der Waals surface area contributed by atoms with Gasteiger partial charge in [-0.05, 0) is 79.5 Å². The highest BCUT2D eigenvalue weighted by atomic mass is 35.5. The Labute approximate surface area is 200 Å². The molecule has 2 aromatic carbocycles. The SMILES string of the molecule is CS(=O)(=O)NC(=O)c1ccc2c(c1)N(CC1CCC1)C[C@@]1(CCCc3cc(Cl)ccc31)CO2. The molecule has 176 valence electrons. The van der Waals surface area contributed by atoms with Gasteiger partial charge in [-0.3, -0.25) is 4.79 Å². The predicted octanol–water partition coefficient (Wildman–Crippen LogP) is 4.30. The third kappa shape index (κ3) is 4.58. The second-order valence-corrected chi connectivity index (χ2v) is 12.0. The van der Waals surface area contributed by atoms with Crippen LogP contribution in [0.5, 0.6) is 5.75 Å². The number of halogens is 1. The topological polar surface area (TPSA) is 75.7 Å². The van der Waals surface area contributed by atoms with Gasteiger partial charge in [-0.1, -0.05) is 24.1 Å². The van der Waals surface area contributed by atoms with Gasteiger partial charge in [0.2, 0.25) is 10.0 Å². The van der Waals surface area contributed by atoms with E-state index in [1.54, 1.807) is 18.2 Å². The number of hydrogen-bond donors (Lipinski definition) is 1. The normalized spacial score (nSPS) is 22.5. The molecule has 1 amide bonds. The maximum Gasteiger partial charge on any atom is 0.264 e. The molecule has 2 aliphatic carbocycles. The molecule has 1 aliphatic heterocycles. The number of amides is 1. The molecule has 1 atom stereocenters. The largest absolute Gasteiger partial charge is 0.490 e. The molecular weight excluding hydrogens is 460 g/mol. The van der Waals surface area contributed by atoms with Crippen molar-refractivity contribution < 1.29 is 17.9 Å². The summed E-state index contributed by atoms with van der Waals surface area (Å²) in [6.07, 6.45) is 7.77. The second kappa shape index (κ2) is 8.51. The molecule has 0 bridgehead atoms. The zero-order chi connectivity index (χ0) is 23.2. The third-order valence-electron chi connectivity index (χ3n) is 7.28.